The summed E-state index contributed by atoms with van der Waals surface area (Å²) in [5.41, 5.74) is 8.54. The number of nitrogens with zero attached hydrogens (tertiary/aromatic N) is 3. The third-order valence-electron chi connectivity index (χ3n) is 7.65. The molecule has 1 aliphatic rings. The van der Waals surface area contributed by atoms with E-state index in [0.717, 1.165) is 80.2 Å². The monoisotopic (exact) mass is 561 g/mol. The number of fused-ring (bicyclic) bond motifs is 2. The average Bonchev–Trinajstić information content (AvgIpc) is 3.73. The Labute approximate surface area is 244 Å². The van der Waals surface area contributed by atoms with Crippen LogP contribution in [0, 0.1) is 12.8 Å². The van der Waals surface area contributed by atoms with E-state index in [1.165, 1.54) is 17.7 Å². The van der Waals surface area contributed by atoms with Gasteiger partial charge >= 0.3 is 0 Å². The molecule has 5 aromatic rings. The Morgan fingerprint density at radius 3 is 2.73 bits per heavy atom. The lowest BCUT2D eigenvalue weighted by atomic mass is 9.93. The van der Waals surface area contributed by atoms with Crippen LogP contribution in [0.5, 0.6) is 0 Å². The lowest BCUT2D eigenvalue weighted by Crippen LogP contribution is -2.28. The van der Waals surface area contributed by atoms with Gasteiger partial charge in [-0.25, -0.2) is 4.98 Å². The van der Waals surface area contributed by atoms with Gasteiger partial charge in [-0.15, -0.1) is 11.3 Å². The molecule has 0 unspecified atom stereocenters. The molecule has 4 N–H and O–H groups in total. The zero-order valence-corrected chi connectivity index (χ0v) is 24.4. The molecule has 1 fully saturated rings. The van der Waals surface area contributed by atoms with E-state index in [1.54, 1.807) is 11.3 Å². The van der Waals surface area contributed by atoms with Crippen molar-refractivity contribution < 1.29 is 0 Å². The second-order valence-corrected chi connectivity index (χ2v) is 11.8. The van der Waals surface area contributed by atoms with E-state index in [1.807, 2.05) is 18.3 Å². The van der Waals surface area contributed by atoms with Gasteiger partial charge < -0.3 is 15.6 Å². The van der Waals surface area contributed by atoms with E-state index in [4.69, 9.17) is 4.98 Å². The van der Waals surface area contributed by atoms with Gasteiger partial charge in [-0.2, -0.15) is 5.10 Å². The molecular weight excluding hydrogens is 526 g/mol. The fourth-order valence-electron chi connectivity index (χ4n) is 5.50. The molecule has 0 radical (unpaired) electrons. The Hall–Kier alpha value is -4.27. The number of benzene rings is 1. The van der Waals surface area contributed by atoms with E-state index in [-0.39, 0.29) is 0 Å². The van der Waals surface area contributed by atoms with Crippen molar-refractivity contribution in [2.45, 2.75) is 33.1 Å². The lowest BCUT2D eigenvalue weighted by molar-refractivity contribution is 0.368. The number of aromatic nitrogens is 5. The van der Waals surface area contributed by atoms with Crippen LogP contribution in [0.15, 0.2) is 85.4 Å². The van der Waals surface area contributed by atoms with Crippen LogP contribution in [0.25, 0.3) is 49.6 Å². The SMILES string of the molecule is C=C/C(=C\C(=C/C)c1ccc2[nH]nc(-c3nc4c(-c5ccc(C)s5)nccc4[nH]3)c2c1)NC(=C)CC1CCNCC1. The molecule has 0 bridgehead atoms. The number of rotatable bonds is 9. The molecular formula is C33H35N7S. The molecule has 1 aromatic carbocycles. The number of H-pyrrole nitrogens is 2. The van der Waals surface area contributed by atoms with E-state index >= 15 is 0 Å². The van der Waals surface area contributed by atoms with Crippen molar-refractivity contribution in [1.82, 2.24) is 35.8 Å². The second kappa shape index (κ2) is 11.7. The van der Waals surface area contributed by atoms with E-state index in [0.29, 0.717) is 11.7 Å². The van der Waals surface area contributed by atoms with Gasteiger partial charge in [0, 0.05) is 27.9 Å². The van der Waals surface area contributed by atoms with Crippen molar-refractivity contribution in [3.05, 3.63) is 95.8 Å². The molecule has 8 heteroatoms. The van der Waals surface area contributed by atoms with Crippen molar-refractivity contribution in [2.75, 3.05) is 13.1 Å². The van der Waals surface area contributed by atoms with Gasteiger partial charge in [0.05, 0.1) is 15.9 Å². The van der Waals surface area contributed by atoms with Crippen LogP contribution < -0.4 is 10.6 Å². The molecule has 0 spiro atoms. The maximum absolute atomic E-state index is 4.97. The predicted octanol–water partition coefficient (Wildman–Crippen LogP) is 7.50. The normalized spacial score (nSPS) is 15.1. The van der Waals surface area contributed by atoms with Crippen molar-refractivity contribution in [2.24, 2.45) is 5.92 Å². The number of pyridine rings is 1. The number of thiophene rings is 1. The Balaban J connectivity index is 1.29. The molecule has 208 valence electrons. The summed E-state index contributed by atoms with van der Waals surface area (Å²) in [7, 11) is 0. The third kappa shape index (κ3) is 5.66. The van der Waals surface area contributed by atoms with E-state index < -0.39 is 0 Å². The van der Waals surface area contributed by atoms with E-state index in [9.17, 15) is 0 Å². The van der Waals surface area contributed by atoms with Crippen LogP contribution in [-0.4, -0.2) is 38.2 Å². The van der Waals surface area contributed by atoms with Gasteiger partial charge in [0.15, 0.2) is 5.82 Å². The molecule has 1 saturated heterocycles. The molecule has 0 amide bonds. The fourth-order valence-corrected chi connectivity index (χ4v) is 6.37. The lowest BCUT2D eigenvalue weighted by Gasteiger charge is -2.24. The summed E-state index contributed by atoms with van der Waals surface area (Å²) in [5, 5.41) is 15.8. The summed E-state index contributed by atoms with van der Waals surface area (Å²) in [4.78, 5) is 15.4. The highest BCUT2D eigenvalue weighted by atomic mass is 32.1. The molecule has 0 saturated carbocycles. The first-order valence-corrected chi connectivity index (χ1v) is 14.9. The molecule has 4 aromatic heterocycles. The number of hydrogen-bond acceptors (Lipinski definition) is 6. The number of aromatic amines is 2. The van der Waals surface area contributed by atoms with Gasteiger partial charge in [-0.05, 0) is 106 Å². The summed E-state index contributed by atoms with van der Waals surface area (Å²) in [6.45, 7) is 14.7. The quantitative estimate of drug-likeness (QED) is 0.140. The molecule has 6 rings (SSSR count). The predicted molar refractivity (Wildman–Crippen MR) is 171 cm³/mol. The molecule has 0 aliphatic carbocycles. The highest BCUT2D eigenvalue weighted by Gasteiger charge is 2.18. The largest absolute Gasteiger partial charge is 0.359 e. The van der Waals surface area contributed by atoms with Crippen LogP contribution >= 0.6 is 11.3 Å². The number of allylic oxidation sites excluding steroid dienone is 5. The zero-order valence-electron chi connectivity index (χ0n) is 23.6. The summed E-state index contributed by atoms with van der Waals surface area (Å²) < 4.78 is 0. The maximum atomic E-state index is 4.97. The number of aryl methyl sites for hydroxylation is 1. The minimum Gasteiger partial charge on any atom is -0.359 e. The number of imidazole rings is 1. The Bertz CT molecular complexity index is 1790. The molecule has 0 atom stereocenters. The highest BCUT2D eigenvalue weighted by molar-refractivity contribution is 7.15. The standard InChI is InChI=1S/C33H35N7S/c1-5-23(18-25(6-2)36-20(3)17-22-11-14-34-15-12-22)24-8-9-27-26(19-24)30(40-39-27)33-37-28-13-16-35-32(31(28)38-33)29-10-7-21(4)41-29/h5-10,13,16,18-19,22,34,36H,2-3,11-12,14-15,17H2,1,4H3,(H,37,38)(H,39,40)/b23-5+,25-18+. The first-order valence-electron chi connectivity index (χ1n) is 14.1. The summed E-state index contributed by atoms with van der Waals surface area (Å²) in [5.74, 6) is 1.39. The zero-order chi connectivity index (χ0) is 28.3. The van der Waals surface area contributed by atoms with Gasteiger partial charge in [-0.1, -0.05) is 25.3 Å². The van der Waals surface area contributed by atoms with Gasteiger partial charge in [-0.3, -0.25) is 10.1 Å². The fraction of sp³-hybridized carbons (Fsp3) is 0.242. The minimum absolute atomic E-state index is 0.671. The van der Waals surface area contributed by atoms with Crippen LogP contribution in [0.2, 0.25) is 0 Å². The molecule has 5 heterocycles. The van der Waals surface area contributed by atoms with Crippen molar-refractivity contribution in [3.8, 4) is 22.1 Å². The first-order chi connectivity index (χ1) is 20.0. The van der Waals surface area contributed by atoms with Gasteiger partial charge in [0.2, 0.25) is 0 Å². The maximum Gasteiger partial charge on any atom is 0.159 e. The van der Waals surface area contributed by atoms with Gasteiger partial charge in [0.1, 0.15) is 16.9 Å². The van der Waals surface area contributed by atoms with Crippen LogP contribution in [0.3, 0.4) is 0 Å². The average molecular weight is 562 g/mol. The highest BCUT2D eigenvalue weighted by Crippen LogP contribution is 2.34. The Morgan fingerprint density at radius 1 is 1.12 bits per heavy atom. The van der Waals surface area contributed by atoms with Crippen molar-refractivity contribution in [3.63, 3.8) is 0 Å². The third-order valence-corrected chi connectivity index (χ3v) is 8.66. The topological polar surface area (TPSA) is 94.3 Å². The van der Waals surface area contributed by atoms with Crippen LogP contribution in [-0.2, 0) is 0 Å². The van der Waals surface area contributed by atoms with Gasteiger partial charge in [0.25, 0.3) is 0 Å². The summed E-state index contributed by atoms with van der Waals surface area (Å²) >= 11 is 1.72. The number of piperidine rings is 1. The van der Waals surface area contributed by atoms with Crippen LogP contribution in [0.1, 0.15) is 36.6 Å². The Morgan fingerprint density at radius 2 is 1.98 bits per heavy atom. The molecule has 7 nitrogen and oxygen atoms in total. The smallest absolute Gasteiger partial charge is 0.159 e. The Kier molecular flexibility index (Phi) is 7.67. The molecule has 41 heavy (non-hydrogen) atoms. The summed E-state index contributed by atoms with van der Waals surface area (Å²) in [6, 6.07) is 12.5. The minimum atomic E-state index is 0.671. The second-order valence-electron chi connectivity index (χ2n) is 10.6. The number of hydrogen-bond donors (Lipinski definition) is 4. The van der Waals surface area contributed by atoms with Crippen molar-refractivity contribution in [1.29, 1.82) is 0 Å². The van der Waals surface area contributed by atoms with Crippen LogP contribution in [0.4, 0.5) is 0 Å². The molecule has 1 aliphatic heterocycles. The first kappa shape index (κ1) is 26.9. The van der Waals surface area contributed by atoms with E-state index in [2.05, 4.69) is 100 Å². The number of nitrogens with one attached hydrogen (secondary N) is 4. The van der Waals surface area contributed by atoms with Crippen molar-refractivity contribution >= 4 is 38.8 Å². The summed E-state index contributed by atoms with van der Waals surface area (Å²) in [6.07, 6.45) is 11.3.